The summed E-state index contributed by atoms with van der Waals surface area (Å²) in [6, 6.07) is 9.34. The first-order chi connectivity index (χ1) is 12.7. The molecule has 1 aromatic heterocycles. The third kappa shape index (κ3) is 4.75. The van der Waals surface area contributed by atoms with Crippen molar-refractivity contribution in [2.75, 3.05) is 6.54 Å². The second-order valence-electron chi connectivity index (χ2n) is 6.14. The minimum atomic E-state index is -0.690. The van der Waals surface area contributed by atoms with Gasteiger partial charge in [0.05, 0.1) is 12.2 Å². The lowest BCUT2D eigenvalue weighted by atomic mass is 9.97. The summed E-state index contributed by atoms with van der Waals surface area (Å²) in [5, 5.41) is 16.6. The smallest absolute Gasteiger partial charge is 0.309 e. The molecule has 0 spiro atoms. The van der Waals surface area contributed by atoms with E-state index in [0.29, 0.717) is 12.4 Å². The molecule has 1 aliphatic rings. The van der Waals surface area contributed by atoms with Crippen LogP contribution in [0, 0.1) is 0 Å². The number of rotatable bonds is 6. The summed E-state index contributed by atoms with van der Waals surface area (Å²) in [6.07, 6.45) is 7.67. The van der Waals surface area contributed by atoms with Crippen LogP contribution in [0.25, 0.3) is 5.69 Å². The Balaban J connectivity index is 1.46. The van der Waals surface area contributed by atoms with Gasteiger partial charge in [-0.05, 0) is 54.7 Å². The second-order valence-corrected chi connectivity index (χ2v) is 6.14. The van der Waals surface area contributed by atoms with Crippen molar-refractivity contribution in [3.8, 4) is 5.69 Å². The van der Waals surface area contributed by atoms with Crippen molar-refractivity contribution in [2.24, 2.45) is 0 Å². The van der Waals surface area contributed by atoms with Gasteiger partial charge in [-0.25, -0.2) is 0 Å². The van der Waals surface area contributed by atoms with Crippen LogP contribution in [0.1, 0.15) is 37.9 Å². The van der Waals surface area contributed by atoms with Crippen molar-refractivity contribution in [3.05, 3.63) is 47.8 Å². The van der Waals surface area contributed by atoms with E-state index in [1.54, 1.807) is 0 Å². The van der Waals surface area contributed by atoms with E-state index >= 15 is 0 Å². The molecule has 136 valence electrons. The zero-order chi connectivity index (χ0) is 18.2. The number of para-hydroxylation sites is 1. The van der Waals surface area contributed by atoms with Gasteiger partial charge in [-0.15, -0.1) is 5.10 Å². The molecule has 8 heteroatoms. The molecule has 26 heavy (non-hydrogen) atoms. The number of tetrazole rings is 1. The number of allylic oxidation sites excluding steroid dienone is 1. The molecule has 2 aromatic rings. The van der Waals surface area contributed by atoms with Crippen molar-refractivity contribution in [1.82, 2.24) is 30.8 Å². The van der Waals surface area contributed by atoms with Crippen LogP contribution in [-0.2, 0) is 16.1 Å². The third-order valence-corrected chi connectivity index (χ3v) is 4.26. The van der Waals surface area contributed by atoms with Crippen molar-refractivity contribution < 1.29 is 9.59 Å². The van der Waals surface area contributed by atoms with Crippen LogP contribution in [0.3, 0.4) is 0 Å². The lowest BCUT2D eigenvalue weighted by Crippen LogP contribution is -2.40. The van der Waals surface area contributed by atoms with Gasteiger partial charge < -0.3 is 10.6 Å². The molecule has 0 atom stereocenters. The summed E-state index contributed by atoms with van der Waals surface area (Å²) in [4.78, 5) is 23.9. The molecule has 0 saturated heterocycles. The van der Waals surface area contributed by atoms with Crippen molar-refractivity contribution in [1.29, 1.82) is 0 Å². The van der Waals surface area contributed by atoms with E-state index in [2.05, 4.69) is 32.2 Å². The maximum absolute atomic E-state index is 12.0. The van der Waals surface area contributed by atoms with Crippen LogP contribution in [-0.4, -0.2) is 38.6 Å². The van der Waals surface area contributed by atoms with Crippen molar-refractivity contribution in [3.63, 3.8) is 0 Å². The molecular formula is C18H22N6O2. The molecule has 8 nitrogen and oxygen atoms in total. The van der Waals surface area contributed by atoms with E-state index in [0.717, 1.165) is 24.9 Å². The zero-order valence-corrected chi connectivity index (χ0v) is 14.5. The highest BCUT2D eigenvalue weighted by molar-refractivity contribution is 6.35. The quantitative estimate of drug-likeness (QED) is 0.601. The molecule has 1 heterocycles. The Hall–Kier alpha value is -3.03. The predicted molar refractivity (Wildman–Crippen MR) is 95.2 cm³/mol. The first-order valence-corrected chi connectivity index (χ1v) is 8.80. The number of aromatic nitrogens is 4. The van der Waals surface area contributed by atoms with Gasteiger partial charge in [0.2, 0.25) is 0 Å². The molecule has 2 amide bonds. The number of hydrogen-bond donors (Lipinski definition) is 2. The van der Waals surface area contributed by atoms with E-state index in [9.17, 15) is 9.59 Å². The molecule has 2 N–H and O–H groups in total. The normalized spacial score (nSPS) is 13.8. The average molecular weight is 354 g/mol. The standard InChI is InChI=1S/C18H22N6O2/c25-17(19-12-11-14-7-3-1-4-8-14)18(26)20-13-16-21-22-23-24(16)15-9-5-2-6-10-15/h2,5-7,9-10H,1,3-4,8,11-13H2,(H,19,25)(H,20,26). The number of nitrogens with zero attached hydrogens (tertiary/aromatic N) is 4. The molecule has 1 aliphatic carbocycles. The highest BCUT2D eigenvalue weighted by Crippen LogP contribution is 2.19. The van der Waals surface area contributed by atoms with Crippen molar-refractivity contribution >= 4 is 11.8 Å². The van der Waals surface area contributed by atoms with E-state index in [1.165, 1.54) is 23.1 Å². The van der Waals surface area contributed by atoms with Gasteiger partial charge in [0.15, 0.2) is 5.82 Å². The lowest BCUT2D eigenvalue weighted by molar-refractivity contribution is -0.139. The number of carbonyl (C=O) groups excluding carboxylic acids is 2. The Bertz CT molecular complexity index is 784. The van der Waals surface area contributed by atoms with Gasteiger partial charge >= 0.3 is 11.8 Å². The lowest BCUT2D eigenvalue weighted by Gasteiger charge is -2.12. The fraction of sp³-hybridized carbons (Fsp3) is 0.389. The monoisotopic (exact) mass is 354 g/mol. The van der Waals surface area contributed by atoms with Crippen molar-refractivity contribution in [2.45, 2.75) is 38.6 Å². The van der Waals surface area contributed by atoms with Crippen LogP contribution in [0.15, 0.2) is 42.0 Å². The number of carbonyl (C=O) groups is 2. The van der Waals surface area contributed by atoms with Gasteiger partial charge in [-0.3, -0.25) is 9.59 Å². The first kappa shape index (κ1) is 17.8. The van der Waals surface area contributed by atoms with Crippen LogP contribution in [0.4, 0.5) is 0 Å². The Morgan fingerprint density at radius 2 is 1.88 bits per heavy atom. The van der Waals surface area contributed by atoms with Gasteiger partial charge in [0.1, 0.15) is 0 Å². The highest BCUT2D eigenvalue weighted by Gasteiger charge is 2.15. The summed E-state index contributed by atoms with van der Waals surface area (Å²) in [5.41, 5.74) is 2.14. The number of hydrogen-bond acceptors (Lipinski definition) is 5. The van der Waals surface area contributed by atoms with Crippen LogP contribution in [0.2, 0.25) is 0 Å². The summed E-state index contributed by atoms with van der Waals surface area (Å²) in [5.74, 6) is -0.880. The SMILES string of the molecule is O=C(NCCC1=CCCCC1)C(=O)NCc1nnnn1-c1ccccc1. The minimum absolute atomic E-state index is 0.0688. The fourth-order valence-electron chi connectivity index (χ4n) is 2.87. The Labute approximate surface area is 151 Å². The molecular weight excluding hydrogens is 332 g/mol. The van der Waals surface area contributed by atoms with E-state index in [1.807, 2.05) is 30.3 Å². The number of nitrogens with one attached hydrogen (secondary N) is 2. The van der Waals surface area contributed by atoms with Gasteiger partial charge in [-0.2, -0.15) is 4.68 Å². The summed E-state index contributed by atoms with van der Waals surface area (Å²) < 4.78 is 1.52. The topological polar surface area (TPSA) is 102 Å². The van der Waals surface area contributed by atoms with Gasteiger partial charge in [0.25, 0.3) is 0 Å². The zero-order valence-electron chi connectivity index (χ0n) is 14.5. The summed E-state index contributed by atoms with van der Waals surface area (Å²) >= 11 is 0. The van der Waals surface area contributed by atoms with Crippen LogP contribution in [0.5, 0.6) is 0 Å². The Kier molecular flexibility index (Phi) is 6.08. The van der Waals surface area contributed by atoms with Gasteiger partial charge in [-0.1, -0.05) is 29.8 Å². The molecule has 1 aromatic carbocycles. The van der Waals surface area contributed by atoms with E-state index in [-0.39, 0.29) is 6.54 Å². The van der Waals surface area contributed by atoms with Gasteiger partial charge in [0, 0.05) is 6.54 Å². The largest absolute Gasteiger partial charge is 0.348 e. The second kappa shape index (κ2) is 8.89. The van der Waals surface area contributed by atoms with E-state index < -0.39 is 11.8 Å². The first-order valence-electron chi connectivity index (χ1n) is 8.80. The van der Waals surface area contributed by atoms with E-state index in [4.69, 9.17) is 0 Å². The summed E-state index contributed by atoms with van der Waals surface area (Å²) in [6.45, 7) is 0.541. The number of benzene rings is 1. The molecule has 0 aliphatic heterocycles. The van der Waals surface area contributed by atoms with Crippen LogP contribution >= 0.6 is 0 Å². The molecule has 0 fully saturated rings. The minimum Gasteiger partial charge on any atom is -0.348 e. The Morgan fingerprint density at radius 3 is 2.65 bits per heavy atom. The maximum Gasteiger partial charge on any atom is 0.309 e. The number of amides is 2. The fourth-order valence-corrected chi connectivity index (χ4v) is 2.87. The highest BCUT2D eigenvalue weighted by atomic mass is 16.2. The predicted octanol–water partition coefficient (Wildman–Crippen LogP) is 1.29. The molecule has 0 saturated carbocycles. The summed E-state index contributed by atoms with van der Waals surface area (Å²) in [7, 11) is 0. The van der Waals surface area contributed by atoms with Crippen LogP contribution < -0.4 is 10.6 Å². The maximum atomic E-state index is 12.0. The third-order valence-electron chi connectivity index (χ3n) is 4.26. The molecule has 0 bridgehead atoms. The molecule has 0 unspecified atom stereocenters. The average Bonchev–Trinajstić information content (AvgIpc) is 3.16. The molecule has 3 rings (SSSR count). The Morgan fingerprint density at radius 1 is 1.08 bits per heavy atom. The molecule has 0 radical (unpaired) electrons.